The number of halogens is 1. The topological polar surface area (TPSA) is 130 Å². The normalized spacial score (nSPS) is 11.5. The van der Waals surface area contributed by atoms with Crippen molar-refractivity contribution in [1.29, 1.82) is 0 Å². The number of H-pyrrole nitrogens is 1. The fourth-order valence-corrected chi connectivity index (χ4v) is 7.25. The predicted molar refractivity (Wildman–Crippen MR) is 155 cm³/mol. The van der Waals surface area contributed by atoms with E-state index in [-0.39, 0.29) is 19.8 Å². The van der Waals surface area contributed by atoms with E-state index in [2.05, 4.69) is 29.4 Å². The van der Waals surface area contributed by atoms with E-state index in [1.54, 1.807) is 29.5 Å². The molecule has 5 aromatic rings. The minimum Gasteiger partial charge on any atom is -0.380 e. The second-order valence-corrected chi connectivity index (χ2v) is 13.3. The van der Waals surface area contributed by atoms with Crippen molar-refractivity contribution in [2.24, 2.45) is 0 Å². The van der Waals surface area contributed by atoms with Crippen LogP contribution < -0.4 is 21.3 Å². The second-order valence-electron chi connectivity index (χ2n) is 8.45. The lowest BCUT2D eigenvalue weighted by Gasteiger charge is -2.10. The zero-order valence-electron chi connectivity index (χ0n) is 20.4. The van der Waals surface area contributed by atoms with E-state index >= 15 is 0 Å². The molecule has 2 aromatic carbocycles. The highest BCUT2D eigenvalue weighted by Crippen LogP contribution is 2.25. The zero-order chi connectivity index (χ0) is 27.7. The average Bonchev–Trinajstić information content (AvgIpc) is 3.56. The molecule has 3 heterocycles. The van der Waals surface area contributed by atoms with Gasteiger partial charge in [0.05, 0.1) is 20.9 Å². The van der Waals surface area contributed by atoms with E-state index in [9.17, 15) is 22.8 Å². The molecule has 0 aliphatic carbocycles. The molecule has 3 aromatic heterocycles. The minimum atomic E-state index is -4.09. The second kappa shape index (κ2) is 10.8. The van der Waals surface area contributed by atoms with Gasteiger partial charge in [-0.2, -0.15) is 0 Å². The SMILES string of the molecule is CCc1ccc(CNc2ccc3c(=O)n(-c4ccc(C(=O)NS(=O)(=O)c5ccc(Cl)s5)cc4)c(=O)[nH]c3c2)s1. The number of aryl methyl sites for hydroxylation is 1. The van der Waals surface area contributed by atoms with E-state index in [0.717, 1.165) is 28.0 Å². The quantitative estimate of drug-likeness (QED) is 0.236. The Morgan fingerprint density at radius 3 is 2.38 bits per heavy atom. The number of nitrogens with one attached hydrogen (secondary N) is 3. The van der Waals surface area contributed by atoms with E-state index in [0.29, 0.717) is 17.4 Å². The standard InChI is InChI=1S/C26H21ClN4O5S3/c1-2-18-8-9-19(37-18)14-28-16-5-10-20-21(13-16)29-26(34)31(25(20)33)17-6-3-15(4-7-17)24(32)30-39(35,36)23-12-11-22(27)38-23/h3-13,28H,2,14H2,1H3,(H,29,34)(H,30,32). The van der Waals surface area contributed by atoms with Crippen molar-refractivity contribution in [3.8, 4) is 5.69 Å². The molecule has 3 N–H and O–H groups in total. The van der Waals surface area contributed by atoms with Gasteiger partial charge in [-0.3, -0.25) is 9.59 Å². The molecule has 1 amide bonds. The van der Waals surface area contributed by atoms with Crippen LogP contribution in [0.3, 0.4) is 0 Å². The zero-order valence-corrected chi connectivity index (χ0v) is 23.6. The van der Waals surface area contributed by atoms with Crippen molar-refractivity contribution in [2.75, 3.05) is 5.32 Å². The summed E-state index contributed by atoms with van der Waals surface area (Å²) in [6.07, 6.45) is 0.983. The Balaban J connectivity index is 1.36. The number of hydrogen-bond acceptors (Lipinski definition) is 8. The molecule has 0 saturated carbocycles. The number of rotatable bonds is 8. The number of amides is 1. The monoisotopic (exact) mass is 600 g/mol. The summed E-state index contributed by atoms with van der Waals surface area (Å²) in [5.74, 6) is -0.862. The number of sulfonamides is 1. The van der Waals surface area contributed by atoms with Crippen LogP contribution in [0, 0.1) is 0 Å². The molecule has 0 saturated heterocycles. The number of carbonyl (C=O) groups is 1. The van der Waals surface area contributed by atoms with Crippen LogP contribution in [-0.2, 0) is 23.0 Å². The van der Waals surface area contributed by atoms with Gasteiger partial charge >= 0.3 is 5.69 Å². The van der Waals surface area contributed by atoms with Crippen molar-refractivity contribution in [2.45, 2.75) is 24.1 Å². The molecular formula is C26H21ClN4O5S3. The average molecular weight is 601 g/mol. The highest BCUT2D eigenvalue weighted by molar-refractivity contribution is 7.92. The van der Waals surface area contributed by atoms with Gasteiger partial charge < -0.3 is 10.3 Å². The van der Waals surface area contributed by atoms with E-state index in [1.807, 2.05) is 4.72 Å². The van der Waals surface area contributed by atoms with Gasteiger partial charge in [0, 0.05) is 27.5 Å². The van der Waals surface area contributed by atoms with Crippen molar-refractivity contribution in [3.05, 3.63) is 107 Å². The lowest BCUT2D eigenvalue weighted by molar-refractivity contribution is 0.0981. The van der Waals surface area contributed by atoms with Gasteiger partial charge in [0.1, 0.15) is 4.21 Å². The highest BCUT2D eigenvalue weighted by atomic mass is 35.5. The molecule has 5 rings (SSSR count). The highest BCUT2D eigenvalue weighted by Gasteiger charge is 2.21. The molecule has 200 valence electrons. The first-order valence-electron chi connectivity index (χ1n) is 11.7. The lowest BCUT2D eigenvalue weighted by Crippen LogP contribution is -2.33. The summed E-state index contributed by atoms with van der Waals surface area (Å²) < 4.78 is 27.9. The van der Waals surface area contributed by atoms with Gasteiger partial charge in [0.15, 0.2) is 0 Å². The molecular weight excluding hydrogens is 580 g/mol. The summed E-state index contributed by atoms with van der Waals surface area (Å²) in [6.45, 7) is 2.73. The molecule has 0 aliphatic heterocycles. The Morgan fingerprint density at radius 1 is 0.974 bits per heavy atom. The number of anilines is 1. The molecule has 0 unspecified atom stereocenters. The first-order valence-corrected chi connectivity index (χ1v) is 15.2. The molecule has 0 aliphatic rings. The molecule has 0 radical (unpaired) electrons. The maximum atomic E-state index is 13.2. The van der Waals surface area contributed by atoms with Gasteiger partial charge in [0.25, 0.3) is 21.5 Å². The van der Waals surface area contributed by atoms with Crippen molar-refractivity contribution in [3.63, 3.8) is 0 Å². The minimum absolute atomic E-state index is 0.0303. The third kappa shape index (κ3) is 5.69. The van der Waals surface area contributed by atoms with Crippen LogP contribution in [0.5, 0.6) is 0 Å². The van der Waals surface area contributed by atoms with Gasteiger partial charge in [-0.15, -0.1) is 22.7 Å². The van der Waals surface area contributed by atoms with Crippen LogP contribution in [0.1, 0.15) is 27.0 Å². The van der Waals surface area contributed by atoms with Crippen LogP contribution in [0.4, 0.5) is 5.69 Å². The summed E-state index contributed by atoms with van der Waals surface area (Å²) in [5, 5.41) is 3.63. The van der Waals surface area contributed by atoms with Gasteiger partial charge in [0.2, 0.25) is 0 Å². The van der Waals surface area contributed by atoms with Gasteiger partial charge in [-0.05, 0) is 73.2 Å². The van der Waals surface area contributed by atoms with Crippen LogP contribution in [0.25, 0.3) is 16.6 Å². The number of nitrogens with zero attached hydrogens (tertiary/aromatic N) is 1. The van der Waals surface area contributed by atoms with Crippen LogP contribution >= 0.6 is 34.3 Å². The maximum Gasteiger partial charge on any atom is 0.333 e. The Bertz CT molecular complexity index is 1920. The first kappa shape index (κ1) is 26.9. The number of hydrogen-bond donors (Lipinski definition) is 3. The maximum absolute atomic E-state index is 13.2. The summed E-state index contributed by atoms with van der Waals surface area (Å²) in [6, 6.07) is 17.5. The first-order chi connectivity index (χ1) is 18.6. The summed E-state index contributed by atoms with van der Waals surface area (Å²) >= 11 is 8.35. The Labute approximate surface area is 235 Å². The molecule has 9 nitrogen and oxygen atoms in total. The molecule has 13 heteroatoms. The summed E-state index contributed by atoms with van der Waals surface area (Å²) in [4.78, 5) is 43.8. The number of thiophene rings is 2. The number of carbonyl (C=O) groups excluding carboxylic acids is 1. The molecule has 0 atom stereocenters. The van der Waals surface area contributed by atoms with Crippen molar-refractivity contribution < 1.29 is 13.2 Å². The molecule has 39 heavy (non-hydrogen) atoms. The lowest BCUT2D eigenvalue weighted by atomic mass is 10.2. The summed E-state index contributed by atoms with van der Waals surface area (Å²) in [5.41, 5.74) is 0.228. The molecule has 0 bridgehead atoms. The third-order valence-corrected chi connectivity index (χ3v) is 10.1. The van der Waals surface area contributed by atoms with Gasteiger partial charge in [-0.25, -0.2) is 22.5 Å². The number of aromatic amines is 1. The van der Waals surface area contributed by atoms with Crippen LogP contribution in [-0.4, -0.2) is 23.9 Å². The Morgan fingerprint density at radius 2 is 1.72 bits per heavy atom. The van der Waals surface area contributed by atoms with Crippen LogP contribution in [0.15, 0.2) is 80.5 Å². The number of fused-ring (bicyclic) bond motifs is 1. The fourth-order valence-electron chi connectivity index (χ4n) is 3.89. The largest absolute Gasteiger partial charge is 0.380 e. The Hall–Kier alpha value is -3.71. The molecule has 0 spiro atoms. The smallest absolute Gasteiger partial charge is 0.333 e. The van der Waals surface area contributed by atoms with Crippen molar-refractivity contribution >= 4 is 66.8 Å². The predicted octanol–water partition coefficient (Wildman–Crippen LogP) is 4.75. The molecule has 0 fully saturated rings. The van der Waals surface area contributed by atoms with E-state index in [4.69, 9.17) is 11.6 Å². The third-order valence-electron chi connectivity index (χ3n) is 5.86. The van der Waals surface area contributed by atoms with E-state index < -0.39 is 27.2 Å². The number of benzene rings is 2. The van der Waals surface area contributed by atoms with E-state index in [1.165, 1.54) is 46.2 Å². The summed E-state index contributed by atoms with van der Waals surface area (Å²) in [7, 11) is -4.09. The van der Waals surface area contributed by atoms with Gasteiger partial charge in [-0.1, -0.05) is 18.5 Å². The van der Waals surface area contributed by atoms with Crippen LogP contribution in [0.2, 0.25) is 4.34 Å². The number of aromatic nitrogens is 2. The fraction of sp³-hybridized carbons (Fsp3) is 0.115. The van der Waals surface area contributed by atoms with Crippen molar-refractivity contribution in [1.82, 2.24) is 14.3 Å². The Kier molecular flexibility index (Phi) is 7.45.